The molecule has 2 saturated heterocycles. The second kappa shape index (κ2) is 3.49. The van der Waals surface area contributed by atoms with E-state index in [0.717, 1.165) is 17.9 Å². The fraction of sp³-hybridized carbons (Fsp3) is 1.00. The predicted molar refractivity (Wildman–Crippen MR) is 60.4 cm³/mol. The summed E-state index contributed by atoms with van der Waals surface area (Å²) in [5.74, 6) is 1.78. The standard InChI is InChI=1S/C12H24N2/c1-9-7-14(8-10(9)2)11-5-12(3,4)13-6-11/h9-11,13H,5-8H2,1-4H3. The van der Waals surface area contributed by atoms with Crippen LogP contribution in [0.1, 0.15) is 34.1 Å². The van der Waals surface area contributed by atoms with Gasteiger partial charge < -0.3 is 5.32 Å². The Balaban J connectivity index is 1.92. The first-order chi connectivity index (χ1) is 6.48. The molecule has 2 heteroatoms. The average molecular weight is 196 g/mol. The molecule has 82 valence electrons. The highest BCUT2D eigenvalue weighted by atomic mass is 15.2. The molecule has 2 nitrogen and oxygen atoms in total. The lowest BCUT2D eigenvalue weighted by Gasteiger charge is -2.24. The van der Waals surface area contributed by atoms with E-state index in [4.69, 9.17) is 0 Å². The smallest absolute Gasteiger partial charge is 0.0238 e. The number of nitrogens with one attached hydrogen (secondary N) is 1. The van der Waals surface area contributed by atoms with E-state index in [1.165, 1.54) is 26.1 Å². The van der Waals surface area contributed by atoms with Crippen molar-refractivity contribution in [3.05, 3.63) is 0 Å². The van der Waals surface area contributed by atoms with Crippen LogP contribution in [0.25, 0.3) is 0 Å². The second-order valence-corrected chi connectivity index (χ2v) is 6.03. The van der Waals surface area contributed by atoms with E-state index < -0.39 is 0 Å². The Morgan fingerprint density at radius 3 is 2.14 bits per heavy atom. The monoisotopic (exact) mass is 196 g/mol. The van der Waals surface area contributed by atoms with E-state index >= 15 is 0 Å². The Morgan fingerprint density at radius 1 is 1.14 bits per heavy atom. The van der Waals surface area contributed by atoms with E-state index in [9.17, 15) is 0 Å². The van der Waals surface area contributed by atoms with E-state index in [-0.39, 0.29) is 0 Å². The summed E-state index contributed by atoms with van der Waals surface area (Å²) in [4.78, 5) is 2.69. The number of likely N-dealkylation sites (tertiary alicyclic amines) is 1. The maximum atomic E-state index is 3.61. The molecule has 14 heavy (non-hydrogen) atoms. The maximum Gasteiger partial charge on any atom is 0.0238 e. The minimum Gasteiger partial charge on any atom is -0.310 e. The molecule has 2 fully saturated rings. The molecule has 0 amide bonds. The summed E-state index contributed by atoms with van der Waals surface area (Å²) in [5, 5.41) is 3.61. The van der Waals surface area contributed by atoms with Crippen molar-refractivity contribution in [3.63, 3.8) is 0 Å². The van der Waals surface area contributed by atoms with Crippen molar-refractivity contribution in [2.24, 2.45) is 11.8 Å². The number of hydrogen-bond donors (Lipinski definition) is 1. The fourth-order valence-corrected chi connectivity index (χ4v) is 2.86. The zero-order valence-corrected chi connectivity index (χ0v) is 10.0. The zero-order chi connectivity index (χ0) is 10.3. The molecule has 2 aliphatic heterocycles. The Labute approximate surface area is 88.1 Å². The van der Waals surface area contributed by atoms with Crippen molar-refractivity contribution in [2.45, 2.75) is 45.7 Å². The largest absolute Gasteiger partial charge is 0.310 e. The minimum atomic E-state index is 0.361. The van der Waals surface area contributed by atoms with Crippen molar-refractivity contribution < 1.29 is 0 Å². The second-order valence-electron chi connectivity index (χ2n) is 6.03. The van der Waals surface area contributed by atoms with Crippen LogP contribution < -0.4 is 5.32 Å². The van der Waals surface area contributed by atoms with Gasteiger partial charge in [-0.15, -0.1) is 0 Å². The van der Waals surface area contributed by atoms with Crippen molar-refractivity contribution >= 4 is 0 Å². The summed E-state index contributed by atoms with van der Waals surface area (Å²) in [5.41, 5.74) is 0.361. The first-order valence-corrected chi connectivity index (χ1v) is 5.97. The first kappa shape index (κ1) is 10.4. The van der Waals surface area contributed by atoms with Crippen LogP contribution in [-0.2, 0) is 0 Å². The molecule has 0 saturated carbocycles. The van der Waals surface area contributed by atoms with Crippen molar-refractivity contribution in [2.75, 3.05) is 19.6 Å². The van der Waals surface area contributed by atoms with E-state index in [0.29, 0.717) is 5.54 Å². The molecule has 1 N–H and O–H groups in total. The van der Waals surface area contributed by atoms with E-state index in [1.54, 1.807) is 0 Å². The zero-order valence-electron chi connectivity index (χ0n) is 10.0. The van der Waals surface area contributed by atoms with Crippen LogP contribution in [-0.4, -0.2) is 36.1 Å². The number of hydrogen-bond acceptors (Lipinski definition) is 2. The Morgan fingerprint density at radius 2 is 1.71 bits per heavy atom. The van der Waals surface area contributed by atoms with Gasteiger partial charge in [-0.2, -0.15) is 0 Å². The Kier molecular flexibility index (Phi) is 2.61. The van der Waals surface area contributed by atoms with Crippen molar-refractivity contribution in [1.29, 1.82) is 0 Å². The molecule has 0 aliphatic carbocycles. The van der Waals surface area contributed by atoms with Gasteiger partial charge in [0.2, 0.25) is 0 Å². The minimum absolute atomic E-state index is 0.361. The predicted octanol–water partition coefficient (Wildman–Crippen LogP) is 1.71. The van der Waals surface area contributed by atoms with Crippen LogP contribution in [0, 0.1) is 11.8 Å². The lowest BCUT2D eigenvalue weighted by Crippen LogP contribution is -2.35. The van der Waals surface area contributed by atoms with Gasteiger partial charge in [-0.25, -0.2) is 0 Å². The van der Waals surface area contributed by atoms with Gasteiger partial charge in [0.05, 0.1) is 0 Å². The van der Waals surface area contributed by atoms with E-state index in [1.807, 2.05) is 0 Å². The van der Waals surface area contributed by atoms with Gasteiger partial charge in [0.1, 0.15) is 0 Å². The summed E-state index contributed by atoms with van der Waals surface area (Å²) >= 11 is 0. The van der Waals surface area contributed by atoms with Crippen molar-refractivity contribution in [3.8, 4) is 0 Å². The highest BCUT2D eigenvalue weighted by Gasteiger charge is 2.37. The van der Waals surface area contributed by atoms with Gasteiger partial charge in [0, 0.05) is 31.2 Å². The number of nitrogens with zero attached hydrogens (tertiary/aromatic N) is 1. The average Bonchev–Trinajstić information content (AvgIpc) is 2.57. The Bertz CT molecular complexity index is 202. The topological polar surface area (TPSA) is 15.3 Å². The molecule has 2 aliphatic rings. The SMILES string of the molecule is CC1CN(C2CNC(C)(C)C2)CC1C. The summed E-state index contributed by atoms with van der Waals surface area (Å²) in [6, 6.07) is 0.789. The molecule has 0 aromatic carbocycles. The molecule has 0 spiro atoms. The fourth-order valence-electron chi connectivity index (χ4n) is 2.86. The molecule has 0 radical (unpaired) electrons. The van der Waals surface area contributed by atoms with Gasteiger partial charge in [-0.05, 0) is 32.1 Å². The molecule has 3 atom stereocenters. The van der Waals surface area contributed by atoms with Crippen LogP contribution in [0.2, 0.25) is 0 Å². The maximum absolute atomic E-state index is 3.61. The molecular formula is C12H24N2. The third-order valence-corrected chi connectivity index (χ3v) is 4.09. The molecule has 0 aromatic heterocycles. The van der Waals surface area contributed by atoms with Gasteiger partial charge in [0.15, 0.2) is 0 Å². The van der Waals surface area contributed by atoms with E-state index in [2.05, 4.69) is 37.9 Å². The molecular weight excluding hydrogens is 172 g/mol. The summed E-state index contributed by atoms with van der Waals surface area (Å²) in [6.07, 6.45) is 1.31. The summed E-state index contributed by atoms with van der Waals surface area (Å²) in [6.45, 7) is 13.2. The van der Waals surface area contributed by atoms with Gasteiger partial charge in [0.25, 0.3) is 0 Å². The quantitative estimate of drug-likeness (QED) is 0.687. The van der Waals surface area contributed by atoms with Gasteiger partial charge >= 0.3 is 0 Å². The summed E-state index contributed by atoms with van der Waals surface area (Å²) < 4.78 is 0. The lowest BCUT2D eigenvalue weighted by atomic mass is 10.0. The normalized spacial score (nSPS) is 43.3. The lowest BCUT2D eigenvalue weighted by molar-refractivity contribution is 0.239. The van der Waals surface area contributed by atoms with Gasteiger partial charge in [-0.3, -0.25) is 4.90 Å². The van der Waals surface area contributed by atoms with Gasteiger partial charge in [-0.1, -0.05) is 13.8 Å². The van der Waals surface area contributed by atoms with Crippen molar-refractivity contribution in [1.82, 2.24) is 10.2 Å². The van der Waals surface area contributed by atoms with Crippen LogP contribution in [0.15, 0.2) is 0 Å². The number of rotatable bonds is 1. The molecule has 2 heterocycles. The highest BCUT2D eigenvalue weighted by Crippen LogP contribution is 2.29. The molecule has 3 unspecified atom stereocenters. The summed E-state index contributed by atoms with van der Waals surface area (Å²) in [7, 11) is 0. The third kappa shape index (κ3) is 1.96. The van der Waals surface area contributed by atoms with Crippen LogP contribution in [0.5, 0.6) is 0 Å². The van der Waals surface area contributed by atoms with Crippen LogP contribution >= 0.6 is 0 Å². The highest BCUT2D eigenvalue weighted by molar-refractivity contribution is 4.96. The molecule has 0 aromatic rings. The molecule has 0 bridgehead atoms. The Hall–Kier alpha value is -0.0800. The first-order valence-electron chi connectivity index (χ1n) is 5.97. The molecule has 2 rings (SSSR count). The third-order valence-electron chi connectivity index (χ3n) is 4.09. The van der Waals surface area contributed by atoms with Crippen LogP contribution in [0.4, 0.5) is 0 Å². The van der Waals surface area contributed by atoms with Crippen LogP contribution in [0.3, 0.4) is 0 Å².